The minimum Gasteiger partial charge on any atom is -0.441 e. The second-order valence-corrected chi connectivity index (χ2v) is 9.11. The SMILES string of the molecule is CCCCN1CCC(c2c(N)oc3ccc(C(=O)C4CCCCCC4)cc23)CC1. The van der Waals surface area contributed by atoms with E-state index in [0.29, 0.717) is 17.6 Å². The third-order valence-corrected chi connectivity index (χ3v) is 7.09. The first-order chi connectivity index (χ1) is 14.2. The molecule has 0 radical (unpaired) electrons. The Hall–Kier alpha value is -1.81. The minimum absolute atomic E-state index is 0.185. The Bertz CT molecular complexity index is 825. The summed E-state index contributed by atoms with van der Waals surface area (Å²) in [4.78, 5) is 15.7. The summed E-state index contributed by atoms with van der Waals surface area (Å²) in [6.07, 6.45) is 11.7. The Morgan fingerprint density at radius 2 is 1.83 bits per heavy atom. The number of hydrogen-bond donors (Lipinski definition) is 1. The molecule has 2 aromatic rings. The van der Waals surface area contributed by atoms with Crippen LogP contribution >= 0.6 is 0 Å². The summed E-state index contributed by atoms with van der Waals surface area (Å²) in [5, 5.41) is 1.06. The molecule has 0 amide bonds. The van der Waals surface area contributed by atoms with Crippen LogP contribution in [0.15, 0.2) is 22.6 Å². The van der Waals surface area contributed by atoms with Gasteiger partial charge in [-0.25, -0.2) is 0 Å². The number of rotatable bonds is 6. The van der Waals surface area contributed by atoms with E-state index in [-0.39, 0.29) is 5.92 Å². The Morgan fingerprint density at radius 3 is 2.52 bits per heavy atom. The molecule has 1 aliphatic carbocycles. The second-order valence-electron chi connectivity index (χ2n) is 9.11. The van der Waals surface area contributed by atoms with Gasteiger partial charge in [-0.15, -0.1) is 0 Å². The van der Waals surface area contributed by atoms with E-state index in [1.807, 2.05) is 12.1 Å². The van der Waals surface area contributed by atoms with Crippen LogP contribution in [0.4, 0.5) is 5.88 Å². The third-order valence-electron chi connectivity index (χ3n) is 7.09. The maximum Gasteiger partial charge on any atom is 0.195 e. The molecule has 0 unspecified atom stereocenters. The molecule has 1 aliphatic heterocycles. The van der Waals surface area contributed by atoms with Gasteiger partial charge >= 0.3 is 0 Å². The summed E-state index contributed by atoms with van der Waals surface area (Å²) in [5.74, 6) is 1.47. The second kappa shape index (κ2) is 9.34. The number of fused-ring (bicyclic) bond motifs is 1. The zero-order valence-electron chi connectivity index (χ0n) is 17.9. The van der Waals surface area contributed by atoms with Crippen molar-refractivity contribution in [3.8, 4) is 0 Å². The van der Waals surface area contributed by atoms with E-state index < -0.39 is 0 Å². The van der Waals surface area contributed by atoms with Crippen molar-refractivity contribution in [2.24, 2.45) is 5.92 Å². The fourth-order valence-corrected chi connectivity index (χ4v) is 5.31. The fraction of sp³-hybridized carbons (Fsp3) is 0.640. The van der Waals surface area contributed by atoms with Gasteiger partial charge < -0.3 is 15.1 Å². The van der Waals surface area contributed by atoms with Crippen LogP contribution in [0.1, 0.15) is 93.0 Å². The van der Waals surface area contributed by atoms with Crippen LogP contribution in [0.25, 0.3) is 11.0 Å². The largest absolute Gasteiger partial charge is 0.441 e. The number of carbonyl (C=O) groups is 1. The standard InChI is InChI=1S/C25H36N2O2/c1-2-3-14-27-15-12-18(13-16-27)23-21-17-20(10-11-22(21)29-25(23)26)24(28)19-8-6-4-5-7-9-19/h10-11,17-19H,2-9,12-16,26H2,1H3. The molecule has 2 heterocycles. The minimum atomic E-state index is 0.185. The van der Waals surface area contributed by atoms with Gasteiger partial charge in [-0.3, -0.25) is 4.79 Å². The van der Waals surface area contributed by atoms with Crippen LogP contribution in [0.5, 0.6) is 0 Å². The van der Waals surface area contributed by atoms with Gasteiger partial charge in [0.15, 0.2) is 11.7 Å². The van der Waals surface area contributed by atoms with Gasteiger partial charge in [0.1, 0.15) is 5.58 Å². The number of piperidine rings is 1. The highest BCUT2D eigenvalue weighted by atomic mass is 16.3. The number of anilines is 1. The van der Waals surface area contributed by atoms with Gasteiger partial charge in [-0.05, 0) is 75.9 Å². The number of benzene rings is 1. The molecule has 0 bridgehead atoms. The molecule has 4 heteroatoms. The molecule has 4 nitrogen and oxygen atoms in total. The van der Waals surface area contributed by atoms with Crippen molar-refractivity contribution in [2.45, 2.75) is 77.0 Å². The highest BCUT2D eigenvalue weighted by molar-refractivity contribution is 6.01. The fourth-order valence-electron chi connectivity index (χ4n) is 5.31. The van der Waals surface area contributed by atoms with Gasteiger partial charge in [0, 0.05) is 22.4 Å². The van der Waals surface area contributed by atoms with Crippen molar-refractivity contribution >= 4 is 22.6 Å². The van der Waals surface area contributed by atoms with Crippen molar-refractivity contribution in [2.75, 3.05) is 25.4 Å². The van der Waals surface area contributed by atoms with Gasteiger partial charge in [0.25, 0.3) is 0 Å². The van der Waals surface area contributed by atoms with Crippen molar-refractivity contribution in [1.82, 2.24) is 4.90 Å². The zero-order valence-corrected chi connectivity index (χ0v) is 17.9. The number of hydrogen-bond acceptors (Lipinski definition) is 4. The van der Waals surface area contributed by atoms with Gasteiger partial charge in [-0.2, -0.15) is 0 Å². The molecule has 1 aromatic heterocycles. The van der Waals surface area contributed by atoms with Crippen LogP contribution in [0.2, 0.25) is 0 Å². The van der Waals surface area contributed by atoms with Crippen LogP contribution in [0.3, 0.4) is 0 Å². The van der Waals surface area contributed by atoms with E-state index in [9.17, 15) is 4.79 Å². The Morgan fingerprint density at radius 1 is 1.10 bits per heavy atom. The van der Waals surface area contributed by atoms with Gasteiger partial charge in [0.05, 0.1) is 0 Å². The number of unbranched alkanes of at least 4 members (excludes halogenated alkanes) is 1. The van der Waals surface area contributed by atoms with Crippen LogP contribution in [-0.2, 0) is 0 Å². The molecule has 29 heavy (non-hydrogen) atoms. The lowest BCUT2D eigenvalue weighted by Gasteiger charge is -2.31. The van der Waals surface area contributed by atoms with E-state index >= 15 is 0 Å². The third kappa shape index (κ3) is 4.53. The first-order valence-electron chi connectivity index (χ1n) is 11.8. The quantitative estimate of drug-likeness (QED) is 0.470. The molecular weight excluding hydrogens is 360 g/mol. The number of carbonyl (C=O) groups excluding carboxylic acids is 1. The van der Waals surface area contributed by atoms with Crippen molar-refractivity contribution in [3.63, 3.8) is 0 Å². The molecule has 2 aliphatic rings. The molecule has 2 fully saturated rings. The average Bonchev–Trinajstić information content (AvgIpc) is 2.90. The van der Waals surface area contributed by atoms with Crippen molar-refractivity contribution in [1.29, 1.82) is 0 Å². The number of nitrogens with zero attached hydrogens (tertiary/aromatic N) is 1. The van der Waals surface area contributed by atoms with E-state index in [0.717, 1.165) is 60.9 Å². The molecule has 1 saturated carbocycles. The molecular formula is C25H36N2O2. The van der Waals surface area contributed by atoms with Gasteiger partial charge in [0.2, 0.25) is 0 Å². The molecule has 0 atom stereocenters. The summed E-state index contributed by atoms with van der Waals surface area (Å²) in [6.45, 7) is 5.69. The average molecular weight is 397 g/mol. The number of likely N-dealkylation sites (tertiary alicyclic amines) is 1. The Kier molecular flexibility index (Phi) is 6.59. The van der Waals surface area contributed by atoms with Crippen LogP contribution in [0, 0.1) is 5.92 Å². The maximum atomic E-state index is 13.2. The maximum absolute atomic E-state index is 13.2. The molecule has 4 rings (SSSR count). The van der Waals surface area contributed by atoms with Crippen LogP contribution in [-0.4, -0.2) is 30.3 Å². The number of Topliss-reactive ketones (excluding diaryl/α,β-unsaturated/α-hetero) is 1. The highest BCUT2D eigenvalue weighted by Crippen LogP contribution is 2.40. The Labute approximate surface area is 174 Å². The number of furan rings is 1. The topological polar surface area (TPSA) is 59.5 Å². The number of nitrogen functional groups attached to an aromatic ring is 1. The molecule has 1 saturated heterocycles. The van der Waals surface area contributed by atoms with E-state index in [4.69, 9.17) is 10.2 Å². The monoisotopic (exact) mass is 396 g/mol. The summed E-state index contributed by atoms with van der Waals surface area (Å²) in [5.41, 5.74) is 9.13. The first kappa shape index (κ1) is 20.5. The van der Waals surface area contributed by atoms with E-state index in [1.54, 1.807) is 0 Å². The predicted molar refractivity (Wildman–Crippen MR) is 119 cm³/mol. The number of nitrogens with two attached hydrogens (primary N) is 1. The summed E-state index contributed by atoms with van der Waals surface area (Å²) >= 11 is 0. The predicted octanol–water partition coefficient (Wildman–Crippen LogP) is 6.15. The lowest BCUT2D eigenvalue weighted by atomic mass is 9.86. The molecule has 1 aromatic carbocycles. The summed E-state index contributed by atoms with van der Waals surface area (Å²) in [6, 6.07) is 5.96. The lowest BCUT2D eigenvalue weighted by molar-refractivity contribution is 0.0908. The van der Waals surface area contributed by atoms with Crippen LogP contribution < -0.4 is 5.73 Å². The van der Waals surface area contributed by atoms with Crippen molar-refractivity contribution in [3.05, 3.63) is 29.3 Å². The normalized spacial score (nSPS) is 20.2. The summed E-state index contributed by atoms with van der Waals surface area (Å²) < 4.78 is 5.90. The molecule has 2 N–H and O–H groups in total. The number of ketones is 1. The molecule has 0 spiro atoms. The molecule has 158 valence electrons. The van der Waals surface area contributed by atoms with Crippen molar-refractivity contribution < 1.29 is 9.21 Å². The smallest absolute Gasteiger partial charge is 0.195 e. The van der Waals surface area contributed by atoms with E-state index in [1.165, 1.54) is 45.1 Å². The first-order valence-corrected chi connectivity index (χ1v) is 11.8. The summed E-state index contributed by atoms with van der Waals surface area (Å²) in [7, 11) is 0. The highest BCUT2D eigenvalue weighted by Gasteiger charge is 2.27. The van der Waals surface area contributed by atoms with Gasteiger partial charge in [-0.1, -0.05) is 39.0 Å². The lowest BCUT2D eigenvalue weighted by Crippen LogP contribution is -2.33. The Balaban J connectivity index is 1.55. The van der Waals surface area contributed by atoms with E-state index in [2.05, 4.69) is 17.9 Å². The zero-order chi connectivity index (χ0) is 20.2.